The standard InChI is InChI=1S/C36H47ClF2N6O3/c1-21-29(37)19-28-31(36(10-12-40-13-11-36)48-32(28)35(2,3)34-41-20-42-44(34)5)45(21)33(46)27-18-24(43(4)23-8-14-47-15-9-23)17-26(27)25-7-6-22(38)16-30(25)39/h6-7,16,19-21,23-24,26-27,32,40H,8-15,17-18H2,1-5H3/t21?,24?,26-,27+,32?/m0/s1. The van der Waals surface area contributed by atoms with Crippen LogP contribution in [-0.4, -0.2) is 93.7 Å². The number of aromatic nitrogens is 3. The molecule has 2 aromatic rings. The van der Waals surface area contributed by atoms with E-state index >= 15 is 9.18 Å². The normalized spacial score (nSPS) is 29.6. The van der Waals surface area contributed by atoms with E-state index in [9.17, 15) is 4.39 Å². The Balaban J connectivity index is 1.31. The second kappa shape index (κ2) is 12.9. The number of benzene rings is 1. The monoisotopic (exact) mass is 684 g/mol. The molecule has 5 aliphatic rings. The van der Waals surface area contributed by atoms with Gasteiger partial charge in [0.15, 0.2) is 0 Å². The van der Waals surface area contributed by atoms with Crippen LogP contribution in [0, 0.1) is 17.6 Å². The number of carbonyl (C=O) groups excluding carboxylic acids is 1. The minimum atomic E-state index is -0.716. The van der Waals surface area contributed by atoms with E-state index in [0.717, 1.165) is 49.1 Å². The molecule has 0 radical (unpaired) electrons. The summed E-state index contributed by atoms with van der Waals surface area (Å²) < 4.78 is 44.3. The molecule has 7 rings (SSSR count). The molecule has 0 bridgehead atoms. The zero-order chi connectivity index (χ0) is 34.0. The van der Waals surface area contributed by atoms with Crippen LogP contribution in [0.15, 0.2) is 46.9 Å². The number of amides is 1. The summed E-state index contributed by atoms with van der Waals surface area (Å²) in [5.41, 5.74) is 0.824. The van der Waals surface area contributed by atoms with E-state index in [4.69, 9.17) is 21.1 Å². The Morgan fingerprint density at radius 1 is 1.15 bits per heavy atom. The number of hydrogen-bond acceptors (Lipinski definition) is 7. The summed E-state index contributed by atoms with van der Waals surface area (Å²) in [6.07, 6.45) is 7.47. The molecule has 4 aliphatic heterocycles. The number of rotatable bonds is 6. The van der Waals surface area contributed by atoms with Gasteiger partial charge in [0.25, 0.3) is 0 Å². The lowest BCUT2D eigenvalue weighted by Gasteiger charge is -2.44. The fourth-order valence-electron chi connectivity index (χ4n) is 9.17. The lowest BCUT2D eigenvalue weighted by Crippen LogP contribution is -2.53. The molecular formula is C36H47ClF2N6O3. The van der Waals surface area contributed by atoms with Gasteiger partial charge >= 0.3 is 0 Å². The Hall–Kier alpha value is -2.70. The third-order valence-corrected chi connectivity index (χ3v) is 12.2. The predicted octanol–water partition coefficient (Wildman–Crippen LogP) is 5.17. The van der Waals surface area contributed by atoms with E-state index in [2.05, 4.69) is 41.2 Å². The van der Waals surface area contributed by atoms with Crippen LogP contribution in [0.1, 0.15) is 76.6 Å². The van der Waals surface area contributed by atoms with Crippen LogP contribution >= 0.6 is 11.6 Å². The van der Waals surface area contributed by atoms with Crippen LogP contribution in [0.25, 0.3) is 0 Å². The molecule has 9 nitrogen and oxygen atoms in total. The van der Waals surface area contributed by atoms with Gasteiger partial charge in [-0.25, -0.2) is 13.8 Å². The minimum Gasteiger partial charge on any atom is -0.381 e. The highest BCUT2D eigenvalue weighted by Gasteiger charge is 2.58. The van der Waals surface area contributed by atoms with Crippen molar-refractivity contribution in [2.24, 2.45) is 13.0 Å². The summed E-state index contributed by atoms with van der Waals surface area (Å²) in [5.74, 6) is -1.52. The molecular weight excluding hydrogens is 638 g/mol. The molecule has 1 amide bonds. The second-order valence-electron chi connectivity index (χ2n) is 14.9. The summed E-state index contributed by atoms with van der Waals surface area (Å²) >= 11 is 7.07. The van der Waals surface area contributed by atoms with E-state index in [-0.39, 0.29) is 11.9 Å². The Morgan fingerprint density at radius 2 is 1.88 bits per heavy atom. The first kappa shape index (κ1) is 33.8. The van der Waals surface area contributed by atoms with Crippen LogP contribution in [0.4, 0.5) is 8.78 Å². The number of fused-ring (bicyclic) bond motifs is 1. The van der Waals surface area contributed by atoms with Crippen molar-refractivity contribution in [3.05, 3.63) is 69.9 Å². The molecule has 1 aromatic heterocycles. The van der Waals surface area contributed by atoms with Gasteiger partial charge in [-0.05, 0) is 103 Å². The van der Waals surface area contributed by atoms with Gasteiger partial charge in [-0.15, -0.1) is 0 Å². The van der Waals surface area contributed by atoms with Gasteiger partial charge < -0.3 is 24.6 Å². The van der Waals surface area contributed by atoms with Gasteiger partial charge in [0.05, 0.1) is 23.3 Å². The van der Waals surface area contributed by atoms with E-state index in [1.54, 1.807) is 11.0 Å². The van der Waals surface area contributed by atoms with Gasteiger partial charge in [-0.3, -0.25) is 9.48 Å². The zero-order valence-electron chi connectivity index (χ0n) is 28.5. The SMILES string of the molecule is CC1C(Cl)=CC2=C(N1C(=O)[C@@H]1CC(N(C)C3CCOCC3)C[C@H]1c1ccc(F)cc1F)C1(CCNCC1)OC2C(C)(C)c1ncnn1C. The van der Waals surface area contributed by atoms with E-state index in [1.165, 1.54) is 12.1 Å². The molecule has 1 N–H and O–H groups in total. The van der Waals surface area contributed by atoms with E-state index in [1.807, 2.05) is 24.9 Å². The van der Waals surface area contributed by atoms with Crippen LogP contribution in [0.3, 0.4) is 0 Å². The van der Waals surface area contributed by atoms with Crippen molar-refractivity contribution >= 4 is 17.5 Å². The van der Waals surface area contributed by atoms with Crippen molar-refractivity contribution in [1.29, 1.82) is 0 Å². The Morgan fingerprint density at radius 3 is 2.54 bits per heavy atom. The highest BCUT2D eigenvalue weighted by atomic mass is 35.5. The number of ether oxygens (including phenoxy) is 2. The van der Waals surface area contributed by atoms with Gasteiger partial charge in [0, 0.05) is 54.9 Å². The fourth-order valence-corrected chi connectivity index (χ4v) is 9.39. The zero-order valence-corrected chi connectivity index (χ0v) is 29.3. The van der Waals surface area contributed by atoms with Crippen molar-refractivity contribution in [1.82, 2.24) is 29.9 Å². The summed E-state index contributed by atoms with van der Waals surface area (Å²) in [6, 6.07) is 3.69. The third kappa shape index (κ3) is 5.63. The number of carbonyl (C=O) groups is 1. The summed E-state index contributed by atoms with van der Waals surface area (Å²) in [4.78, 5) is 24.2. The number of hydrogen-bond donors (Lipinski definition) is 1. The molecule has 3 unspecified atom stereocenters. The maximum atomic E-state index is 15.6. The Kier molecular flexibility index (Phi) is 9.07. The molecule has 1 saturated carbocycles. The van der Waals surface area contributed by atoms with E-state index in [0.29, 0.717) is 55.5 Å². The molecule has 2 saturated heterocycles. The molecule has 48 heavy (non-hydrogen) atoms. The predicted molar refractivity (Wildman–Crippen MR) is 178 cm³/mol. The highest BCUT2D eigenvalue weighted by molar-refractivity contribution is 6.30. The molecule has 5 heterocycles. The summed E-state index contributed by atoms with van der Waals surface area (Å²) in [7, 11) is 3.99. The Labute approximate surface area is 286 Å². The van der Waals surface area contributed by atoms with E-state index < -0.39 is 46.6 Å². The first-order chi connectivity index (χ1) is 22.9. The molecule has 1 aliphatic carbocycles. The average Bonchev–Trinajstić information content (AvgIpc) is 3.79. The van der Waals surface area contributed by atoms with Gasteiger partial charge in [-0.2, -0.15) is 5.10 Å². The average molecular weight is 685 g/mol. The Bertz CT molecular complexity index is 1610. The molecule has 260 valence electrons. The minimum absolute atomic E-state index is 0.0475. The van der Waals surface area contributed by atoms with Crippen molar-refractivity contribution in [2.75, 3.05) is 33.4 Å². The van der Waals surface area contributed by atoms with Gasteiger partial charge in [0.2, 0.25) is 5.91 Å². The van der Waals surface area contributed by atoms with Gasteiger partial charge in [-0.1, -0.05) is 17.7 Å². The molecule has 1 spiro atoms. The summed E-state index contributed by atoms with van der Waals surface area (Å²) in [5, 5.41) is 8.36. The van der Waals surface area contributed by atoms with Crippen LogP contribution in [-0.2, 0) is 26.7 Å². The highest BCUT2D eigenvalue weighted by Crippen LogP contribution is 2.54. The maximum absolute atomic E-state index is 15.6. The molecule has 1 aromatic carbocycles. The van der Waals surface area contributed by atoms with Crippen LogP contribution in [0.5, 0.6) is 0 Å². The lowest BCUT2D eigenvalue weighted by molar-refractivity contribution is -0.139. The number of nitrogens with zero attached hydrogens (tertiary/aromatic N) is 5. The third-order valence-electron chi connectivity index (χ3n) is 11.8. The molecule has 5 atom stereocenters. The first-order valence-electron chi connectivity index (χ1n) is 17.4. The second-order valence-corrected chi connectivity index (χ2v) is 15.3. The summed E-state index contributed by atoms with van der Waals surface area (Å²) in [6.45, 7) is 9.05. The molecule has 3 fully saturated rings. The van der Waals surface area contributed by atoms with Gasteiger partial charge in [0.1, 0.15) is 29.4 Å². The number of piperidine rings is 1. The maximum Gasteiger partial charge on any atom is 0.231 e. The number of nitrogens with one attached hydrogen (secondary N) is 1. The topological polar surface area (TPSA) is 84.8 Å². The first-order valence-corrected chi connectivity index (χ1v) is 17.7. The lowest BCUT2D eigenvalue weighted by atomic mass is 9.78. The fraction of sp³-hybridized carbons (Fsp3) is 0.639. The van der Waals surface area contributed by atoms with Crippen LogP contribution in [0.2, 0.25) is 0 Å². The molecule has 12 heteroatoms. The number of aryl methyl sites for hydroxylation is 1. The van der Waals surface area contributed by atoms with Crippen molar-refractivity contribution in [3.8, 4) is 0 Å². The van der Waals surface area contributed by atoms with Crippen molar-refractivity contribution < 1.29 is 23.0 Å². The number of halogens is 3. The quantitative estimate of drug-likeness (QED) is 0.450. The van der Waals surface area contributed by atoms with Crippen molar-refractivity contribution in [2.45, 2.75) is 100 Å². The largest absolute Gasteiger partial charge is 0.381 e. The van der Waals surface area contributed by atoms with Crippen LogP contribution < -0.4 is 5.32 Å². The van der Waals surface area contributed by atoms with Crippen molar-refractivity contribution in [3.63, 3.8) is 0 Å². The smallest absolute Gasteiger partial charge is 0.231 e.